The standard InChI is InChI=1S/C7H10N2O2S/c1-4-5(7(10)11)6(12-3)9(2)8-4/h1-3H3,(H,10,11). The van der Waals surface area contributed by atoms with E-state index in [9.17, 15) is 4.79 Å². The second-order valence-corrected chi connectivity index (χ2v) is 3.19. The fraction of sp³-hybridized carbons (Fsp3) is 0.429. The third-order valence-electron chi connectivity index (χ3n) is 1.58. The van der Waals surface area contributed by atoms with E-state index in [0.29, 0.717) is 16.3 Å². The largest absolute Gasteiger partial charge is 0.478 e. The Morgan fingerprint density at radius 2 is 2.25 bits per heavy atom. The van der Waals surface area contributed by atoms with Crippen molar-refractivity contribution in [1.29, 1.82) is 0 Å². The lowest BCUT2D eigenvalue weighted by Crippen LogP contribution is -1.99. The van der Waals surface area contributed by atoms with Crippen molar-refractivity contribution >= 4 is 17.7 Å². The van der Waals surface area contributed by atoms with Crippen LogP contribution in [0.2, 0.25) is 0 Å². The summed E-state index contributed by atoms with van der Waals surface area (Å²) in [6.07, 6.45) is 1.84. The number of hydrogen-bond acceptors (Lipinski definition) is 3. The molecule has 66 valence electrons. The van der Waals surface area contributed by atoms with Crippen molar-refractivity contribution in [2.24, 2.45) is 7.05 Å². The van der Waals surface area contributed by atoms with E-state index >= 15 is 0 Å². The zero-order valence-corrected chi connectivity index (χ0v) is 7.97. The Balaban J connectivity index is 3.32. The summed E-state index contributed by atoms with van der Waals surface area (Å²) in [6.45, 7) is 1.70. The molecular weight excluding hydrogens is 176 g/mol. The lowest BCUT2D eigenvalue weighted by molar-refractivity contribution is 0.0692. The first-order valence-electron chi connectivity index (χ1n) is 3.38. The van der Waals surface area contributed by atoms with Crippen LogP contribution in [0.25, 0.3) is 0 Å². The number of aryl methyl sites for hydroxylation is 2. The zero-order chi connectivity index (χ0) is 9.30. The minimum atomic E-state index is -0.912. The predicted molar refractivity (Wildman–Crippen MR) is 46.7 cm³/mol. The van der Waals surface area contributed by atoms with Crippen molar-refractivity contribution in [2.75, 3.05) is 6.26 Å². The maximum atomic E-state index is 10.7. The molecule has 0 aliphatic carbocycles. The van der Waals surface area contributed by atoms with E-state index in [1.54, 1.807) is 18.7 Å². The van der Waals surface area contributed by atoms with Crippen LogP contribution in [0.3, 0.4) is 0 Å². The molecule has 0 saturated heterocycles. The Labute approximate surface area is 74.6 Å². The van der Waals surface area contributed by atoms with Crippen molar-refractivity contribution in [1.82, 2.24) is 9.78 Å². The van der Waals surface area contributed by atoms with Gasteiger partial charge in [0.25, 0.3) is 0 Å². The summed E-state index contributed by atoms with van der Waals surface area (Å²) in [5.41, 5.74) is 0.874. The number of carboxylic acid groups (broad SMARTS) is 1. The minimum absolute atomic E-state index is 0.310. The molecule has 0 fully saturated rings. The Morgan fingerprint density at radius 1 is 1.67 bits per heavy atom. The van der Waals surface area contributed by atoms with E-state index in [4.69, 9.17) is 5.11 Å². The molecule has 5 heteroatoms. The molecule has 1 rings (SSSR count). The van der Waals surface area contributed by atoms with Gasteiger partial charge in [0.1, 0.15) is 10.6 Å². The summed E-state index contributed by atoms with van der Waals surface area (Å²) in [6, 6.07) is 0. The molecule has 0 amide bonds. The monoisotopic (exact) mass is 186 g/mol. The van der Waals surface area contributed by atoms with Gasteiger partial charge >= 0.3 is 5.97 Å². The Hall–Kier alpha value is -0.970. The van der Waals surface area contributed by atoms with Gasteiger partial charge in [-0.05, 0) is 13.2 Å². The average molecular weight is 186 g/mol. The van der Waals surface area contributed by atoms with Gasteiger partial charge in [-0.1, -0.05) is 0 Å². The fourth-order valence-corrected chi connectivity index (χ4v) is 1.86. The molecule has 12 heavy (non-hydrogen) atoms. The van der Waals surface area contributed by atoms with Gasteiger partial charge in [-0.15, -0.1) is 11.8 Å². The van der Waals surface area contributed by atoms with Gasteiger partial charge in [0.2, 0.25) is 0 Å². The Bertz CT molecular complexity index is 319. The molecule has 4 nitrogen and oxygen atoms in total. The van der Waals surface area contributed by atoms with Gasteiger partial charge in [0.05, 0.1) is 5.69 Å². The average Bonchev–Trinajstić information content (AvgIpc) is 2.24. The number of carbonyl (C=O) groups is 1. The normalized spacial score (nSPS) is 10.2. The van der Waals surface area contributed by atoms with Crippen LogP contribution in [0, 0.1) is 6.92 Å². The topological polar surface area (TPSA) is 55.1 Å². The number of hydrogen-bond donors (Lipinski definition) is 1. The van der Waals surface area contributed by atoms with Crippen molar-refractivity contribution in [3.8, 4) is 0 Å². The van der Waals surface area contributed by atoms with E-state index in [0.717, 1.165) is 0 Å². The molecule has 0 bridgehead atoms. The zero-order valence-electron chi connectivity index (χ0n) is 7.16. The van der Waals surface area contributed by atoms with Crippen LogP contribution in [0.4, 0.5) is 0 Å². The summed E-state index contributed by atoms with van der Waals surface area (Å²) in [7, 11) is 1.74. The number of nitrogens with zero attached hydrogens (tertiary/aromatic N) is 2. The lowest BCUT2D eigenvalue weighted by atomic mass is 10.3. The minimum Gasteiger partial charge on any atom is -0.478 e. The molecule has 0 aliphatic rings. The molecule has 1 N–H and O–H groups in total. The van der Waals surface area contributed by atoms with Gasteiger partial charge < -0.3 is 5.11 Å². The van der Waals surface area contributed by atoms with Gasteiger partial charge in [0.15, 0.2) is 0 Å². The number of aromatic nitrogens is 2. The first kappa shape index (κ1) is 9.12. The number of rotatable bonds is 2. The SMILES string of the molecule is CSc1c(C(=O)O)c(C)nn1C. The van der Waals surface area contributed by atoms with Crippen molar-refractivity contribution in [3.63, 3.8) is 0 Å². The summed E-state index contributed by atoms with van der Waals surface area (Å²) < 4.78 is 1.59. The number of carboxylic acids is 1. The molecule has 0 aliphatic heterocycles. The lowest BCUT2D eigenvalue weighted by Gasteiger charge is -1.97. The molecule has 1 aromatic rings. The van der Waals surface area contributed by atoms with Crippen LogP contribution in [-0.2, 0) is 7.05 Å². The van der Waals surface area contributed by atoms with Gasteiger partial charge in [-0.2, -0.15) is 5.10 Å². The van der Waals surface area contributed by atoms with Crippen LogP contribution in [0.15, 0.2) is 5.03 Å². The van der Waals surface area contributed by atoms with Gasteiger partial charge in [-0.3, -0.25) is 4.68 Å². The summed E-state index contributed by atoms with van der Waals surface area (Å²) in [4.78, 5) is 10.7. The third kappa shape index (κ3) is 1.32. The third-order valence-corrected chi connectivity index (χ3v) is 2.43. The highest BCUT2D eigenvalue weighted by Crippen LogP contribution is 2.22. The quantitative estimate of drug-likeness (QED) is 0.704. The van der Waals surface area contributed by atoms with Crippen LogP contribution < -0.4 is 0 Å². The Kier molecular flexibility index (Phi) is 2.42. The Morgan fingerprint density at radius 3 is 2.58 bits per heavy atom. The highest BCUT2D eigenvalue weighted by atomic mass is 32.2. The molecule has 1 heterocycles. The van der Waals surface area contributed by atoms with Crippen LogP contribution in [-0.4, -0.2) is 27.1 Å². The van der Waals surface area contributed by atoms with E-state index in [1.807, 2.05) is 6.26 Å². The first-order valence-corrected chi connectivity index (χ1v) is 4.61. The number of thioether (sulfide) groups is 1. The van der Waals surface area contributed by atoms with E-state index < -0.39 is 5.97 Å². The van der Waals surface area contributed by atoms with Crippen LogP contribution in [0.5, 0.6) is 0 Å². The highest BCUT2D eigenvalue weighted by molar-refractivity contribution is 7.98. The number of aromatic carboxylic acids is 1. The van der Waals surface area contributed by atoms with Crippen LogP contribution in [0.1, 0.15) is 16.1 Å². The van der Waals surface area contributed by atoms with E-state index in [-0.39, 0.29) is 0 Å². The van der Waals surface area contributed by atoms with Gasteiger partial charge in [-0.25, -0.2) is 4.79 Å². The maximum Gasteiger partial charge on any atom is 0.340 e. The summed E-state index contributed by atoms with van der Waals surface area (Å²) in [5.74, 6) is -0.912. The molecule has 0 unspecified atom stereocenters. The molecule has 0 radical (unpaired) electrons. The molecule has 0 saturated carbocycles. The predicted octanol–water partition coefficient (Wildman–Crippen LogP) is 1.15. The summed E-state index contributed by atoms with van der Waals surface area (Å²) >= 11 is 1.39. The molecular formula is C7H10N2O2S. The molecule has 0 spiro atoms. The molecule has 0 atom stereocenters. The maximum absolute atomic E-state index is 10.7. The summed E-state index contributed by atoms with van der Waals surface area (Å²) in [5, 5.41) is 13.5. The second-order valence-electron chi connectivity index (χ2n) is 2.40. The van der Waals surface area contributed by atoms with E-state index in [1.165, 1.54) is 11.8 Å². The smallest absolute Gasteiger partial charge is 0.340 e. The molecule has 1 aromatic heterocycles. The van der Waals surface area contributed by atoms with Gasteiger partial charge in [0, 0.05) is 7.05 Å². The van der Waals surface area contributed by atoms with E-state index in [2.05, 4.69) is 5.10 Å². The fourth-order valence-electron chi connectivity index (χ4n) is 1.12. The highest BCUT2D eigenvalue weighted by Gasteiger charge is 2.18. The van der Waals surface area contributed by atoms with Crippen molar-refractivity contribution < 1.29 is 9.90 Å². The first-order chi connectivity index (χ1) is 5.57. The van der Waals surface area contributed by atoms with Crippen molar-refractivity contribution in [2.45, 2.75) is 11.9 Å². The van der Waals surface area contributed by atoms with Crippen molar-refractivity contribution in [3.05, 3.63) is 11.3 Å². The second kappa shape index (κ2) is 3.18. The molecule has 0 aromatic carbocycles. The van der Waals surface area contributed by atoms with Crippen LogP contribution >= 0.6 is 11.8 Å².